The molecule has 0 amide bonds. The van der Waals surface area contributed by atoms with Gasteiger partial charge in [0.1, 0.15) is 11.6 Å². The van der Waals surface area contributed by atoms with Gasteiger partial charge in [-0.05, 0) is 55.7 Å². The Hall–Kier alpha value is -2.90. The van der Waals surface area contributed by atoms with E-state index in [0.29, 0.717) is 36.6 Å². The highest BCUT2D eigenvalue weighted by Gasteiger charge is 2.24. The maximum atomic E-state index is 13.4. The standard InChI is InChI=1S/C25H29F2N5/c1-17-14-28-15-18(2)32(17)16-20-4-3-5-21(10-20)24-7-9-30-25(31-24)29-8-6-19-11-22(26)13-23(27)12-19/h3-5,7,9-13,17-18,28H,6,8,14-16H2,1-2H3,(H,29,30,31)/t17-,18+. The van der Waals surface area contributed by atoms with Crippen molar-refractivity contribution in [1.82, 2.24) is 20.2 Å². The third kappa shape index (κ3) is 5.66. The van der Waals surface area contributed by atoms with Gasteiger partial charge in [0.25, 0.3) is 0 Å². The van der Waals surface area contributed by atoms with Gasteiger partial charge in [-0.1, -0.05) is 18.2 Å². The third-order valence-electron chi connectivity index (χ3n) is 5.87. The molecule has 0 aliphatic carbocycles. The number of hydrogen-bond acceptors (Lipinski definition) is 5. The van der Waals surface area contributed by atoms with Crippen molar-refractivity contribution in [3.63, 3.8) is 0 Å². The Labute approximate surface area is 187 Å². The Morgan fingerprint density at radius 3 is 2.50 bits per heavy atom. The molecule has 5 nitrogen and oxygen atoms in total. The van der Waals surface area contributed by atoms with Crippen molar-refractivity contribution in [2.24, 2.45) is 0 Å². The van der Waals surface area contributed by atoms with Crippen molar-refractivity contribution in [2.75, 3.05) is 25.0 Å². The van der Waals surface area contributed by atoms with Gasteiger partial charge in [-0.25, -0.2) is 18.7 Å². The average molecular weight is 438 g/mol. The van der Waals surface area contributed by atoms with Crippen molar-refractivity contribution < 1.29 is 8.78 Å². The van der Waals surface area contributed by atoms with Gasteiger partial charge in [0.15, 0.2) is 0 Å². The highest BCUT2D eigenvalue weighted by Crippen LogP contribution is 2.22. The van der Waals surface area contributed by atoms with Crippen LogP contribution in [0.1, 0.15) is 25.0 Å². The van der Waals surface area contributed by atoms with Gasteiger partial charge in [-0.15, -0.1) is 0 Å². The van der Waals surface area contributed by atoms with Gasteiger partial charge in [0.05, 0.1) is 5.69 Å². The largest absolute Gasteiger partial charge is 0.354 e. The number of rotatable bonds is 7. The number of anilines is 1. The van der Waals surface area contributed by atoms with Crippen LogP contribution in [0, 0.1) is 11.6 Å². The molecule has 0 bridgehead atoms. The second-order valence-corrected chi connectivity index (χ2v) is 8.45. The first-order chi connectivity index (χ1) is 15.5. The Morgan fingerprint density at radius 1 is 1.00 bits per heavy atom. The first-order valence-electron chi connectivity index (χ1n) is 11.1. The minimum absolute atomic E-state index is 0.471. The quantitative estimate of drug-likeness (QED) is 0.579. The molecule has 0 radical (unpaired) electrons. The zero-order valence-corrected chi connectivity index (χ0v) is 18.5. The topological polar surface area (TPSA) is 53.1 Å². The number of nitrogens with one attached hydrogen (secondary N) is 2. The maximum absolute atomic E-state index is 13.4. The molecule has 1 aliphatic rings. The number of benzene rings is 2. The fraction of sp³-hybridized carbons (Fsp3) is 0.360. The predicted octanol–water partition coefficient (Wildman–Crippen LogP) is 4.26. The molecule has 1 aliphatic heterocycles. The summed E-state index contributed by atoms with van der Waals surface area (Å²) < 4.78 is 26.7. The van der Waals surface area contributed by atoms with Crippen LogP contribution in [0.5, 0.6) is 0 Å². The minimum Gasteiger partial charge on any atom is -0.354 e. The van der Waals surface area contributed by atoms with Crippen LogP contribution in [-0.4, -0.2) is 46.6 Å². The molecule has 4 rings (SSSR count). The summed E-state index contributed by atoms with van der Waals surface area (Å²) in [7, 11) is 0. The average Bonchev–Trinajstić information content (AvgIpc) is 2.76. The van der Waals surface area contributed by atoms with Crippen molar-refractivity contribution in [3.8, 4) is 11.3 Å². The van der Waals surface area contributed by atoms with E-state index >= 15 is 0 Å². The summed E-state index contributed by atoms with van der Waals surface area (Å²) in [6.07, 6.45) is 2.19. The lowest BCUT2D eigenvalue weighted by Crippen LogP contribution is -2.54. The van der Waals surface area contributed by atoms with Crippen LogP contribution in [0.15, 0.2) is 54.7 Å². The molecule has 1 saturated heterocycles. The Kier molecular flexibility index (Phi) is 7.07. The van der Waals surface area contributed by atoms with Gasteiger partial charge in [-0.2, -0.15) is 0 Å². The molecule has 0 saturated carbocycles. The Bertz CT molecular complexity index is 1030. The fourth-order valence-electron chi connectivity index (χ4n) is 4.20. The maximum Gasteiger partial charge on any atom is 0.223 e. The van der Waals surface area contributed by atoms with Crippen LogP contribution in [0.25, 0.3) is 11.3 Å². The highest BCUT2D eigenvalue weighted by molar-refractivity contribution is 5.61. The van der Waals surface area contributed by atoms with Crippen molar-refractivity contribution >= 4 is 5.95 Å². The van der Waals surface area contributed by atoms with E-state index in [1.165, 1.54) is 17.7 Å². The van der Waals surface area contributed by atoms with E-state index in [-0.39, 0.29) is 0 Å². The zero-order valence-electron chi connectivity index (χ0n) is 18.5. The monoisotopic (exact) mass is 437 g/mol. The molecule has 2 heterocycles. The number of piperazine rings is 1. The van der Waals surface area contributed by atoms with Gasteiger partial charge in [0.2, 0.25) is 5.95 Å². The second-order valence-electron chi connectivity index (χ2n) is 8.45. The van der Waals surface area contributed by atoms with E-state index in [1.807, 2.05) is 6.07 Å². The molecular formula is C25H29F2N5. The molecule has 2 aromatic carbocycles. The Morgan fingerprint density at radius 2 is 1.75 bits per heavy atom. The molecule has 2 N–H and O–H groups in total. The fourth-order valence-corrected chi connectivity index (χ4v) is 4.20. The predicted molar refractivity (Wildman–Crippen MR) is 123 cm³/mol. The van der Waals surface area contributed by atoms with Gasteiger partial charge in [0, 0.05) is 56.1 Å². The summed E-state index contributed by atoms with van der Waals surface area (Å²) in [6, 6.07) is 14.9. The molecule has 1 fully saturated rings. The normalized spacial score (nSPS) is 19.1. The first kappa shape index (κ1) is 22.3. The van der Waals surface area contributed by atoms with Crippen LogP contribution < -0.4 is 10.6 Å². The molecular weight excluding hydrogens is 408 g/mol. The van der Waals surface area contributed by atoms with Crippen molar-refractivity contribution in [2.45, 2.75) is 38.9 Å². The highest BCUT2D eigenvalue weighted by atomic mass is 19.1. The minimum atomic E-state index is -0.567. The van der Waals surface area contributed by atoms with Crippen molar-refractivity contribution in [1.29, 1.82) is 0 Å². The van der Waals surface area contributed by atoms with E-state index in [1.54, 1.807) is 6.20 Å². The van der Waals surface area contributed by atoms with E-state index in [2.05, 4.69) is 63.6 Å². The number of nitrogens with zero attached hydrogens (tertiary/aromatic N) is 3. The van der Waals surface area contributed by atoms with Crippen LogP contribution in [-0.2, 0) is 13.0 Å². The lowest BCUT2D eigenvalue weighted by Gasteiger charge is -2.39. The summed E-state index contributed by atoms with van der Waals surface area (Å²) in [6.45, 7) is 7.91. The molecule has 7 heteroatoms. The molecule has 3 aromatic rings. The van der Waals surface area contributed by atoms with Gasteiger partial charge >= 0.3 is 0 Å². The SMILES string of the molecule is C[C@@H]1CNC[C@H](C)N1Cc1cccc(-c2ccnc(NCCc3cc(F)cc(F)c3)n2)c1. The smallest absolute Gasteiger partial charge is 0.223 e. The van der Waals surface area contributed by atoms with Crippen LogP contribution in [0.2, 0.25) is 0 Å². The lowest BCUT2D eigenvalue weighted by atomic mass is 10.0. The summed E-state index contributed by atoms with van der Waals surface area (Å²) in [5, 5.41) is 6.63. The summed E-state index contributed by atoms with van der Waals surface area (Å²) >= 11 is 0. The van der Waals surface area contributed by atoms with Crippen LogP contribution in [0.3, 0.4) is 0 Å². The van der Waals surface area contributed by atoms with Crippen LogP contribution in [0.4, 0.5) is 14.7 Å². The molecule has 2 atom stereocenters. The zero-order chi connectivity index (χ0) is 22.5. The van der Waals surface area contributed by atoms with E-state index in [0.717, 1.165) is 37.0 Å². The molecule has 168 valence electrons. The number of hydrogen-bond donors (Lipinski definition) is 2. The number of halogens is 2. The first-order valence-corrected chi connectivity index (χ1v) is 11.1. The lowest BCUT2D eigenvalue weighted by molar-refractivity contribution is 0.109. The van der Waals surface area contributed by atoms with E-state index < -0.39 is 11.6 Å². The summed E-state index contributed by atoms with van der Waals surface area (Å²) in [5.41, 5.74) is 3.72. The third-order valence-corrected chi connectivity index (χ3v) is 5.87. The molecule has 32 heavy (non-hydrogen) atoms. The molecule has 1 aromatic heterocycles. The summed E-state index contributed by atoms with van der Waals surface area (Å²) in [5.74, 6) is -0.639. The van der Waals surface area contributed by atoms with Gasteiger partial charge < -0.3 is 10.6 Å². The van der Waals surface area contributed by atoms with Gasteiger partial charge in [-0.3, -0.25) is 4.90 Å². The van der Waals surface area contributed by atoms with Crippen molar-refractivity contribution in [3.05, 3.63) is 77.5 Å². The number of aromatic nitrogens is 2. The van der Waals surface area contributed by atoms with Crippen LogP contribution >= 0.6 is 0 Å². The molecule has 0 unspecified atom stereocenters. The molecule has 0 spiro atoms. The van der Waals surface area contributed by atoms with E-state index in [4.69, 9.17) is 0 Å². The van der Waals surface area contributed by atoms with E-state index in [9.17, 15) is 8.78 Å². The second kappa shape index (κ2) is 10.1. The Balaban J connectivity index is 1.42. The summed E-state index contributed by atoms with van der Waals surface area (Å²) in [4.78, 5) is 11.4.